The predicted molar refractivity (Wildman–Crippen MR) is 35.3 cm³/mol. The van der Waals surface area contributed by atoms with Crippen LogP contribution in [0.5, 0.6) is 0 Å². The maximum absolute atomic E-state index is 10.7. The van der Waals surface area contributed by atoms with Gasteiger partial charge in [0.05, 0.1) is 0 Å². The average Bonchev–Trinajstić information content (AvgIpc) is 2.35. The van der Waals surface area contributed by atoms with Crippen LogP contribution in [-0.2, 0) is 0 Å². The molecule has 0 aliphatic rings. The number of carbonyl (C=O) groups is 2. The fourth-order valence-corrected chi connectivity index (χ4v) is 0.610. The molecule has 57 valence electrons. The minimum atomic E-state index is -1.48. The Morgan fingerprint density at radius 3 is 2.73 bits per heavy atom. The fraction of sp³-hybridized carbons (Fsp3) is 0. The number of hydrogen-bond donors (Lipinski definition) is 2. The molecule has 5 heteroatoms. The molecule has 11 heavy (non-hydrogen) atoms. The van der Waals surface area contributed by atoms with E-state index in [1.54, 1.807) is 6.07 Å². The summed E-state index contributed by atoms with van der Waals surface area (Å²) in [6.07, 6.45) is 0.0366. The van der Waals surface area contributed by atoms with E-state index in [2.05, 4.69) is 10.3 Å². The Morgan fingerprint density at radius 2 is 2.27 bits per heavy atom. The van der Waals surface area contributed by atoms with E-state index in [0.717, 1.165) is 0 Å². The Labute approximate surface area is 62.0 Å². The highest BCUT2D eigenvalue weighted by Crippen LogP contribution is 1.93. The van der Waals surface area contributed by atoms with Gasteiger partial charge in [-0.25, -0.2) is 4.79 Å². The second-order valence-corrected chi connectivity index (χ2v) is 1.78. The molecular formula is C6H5N2O3. The number of H-pyrrole nitrogens is 1. The van der Waals surface area contributed by atoms with Gasteiger partial charge in [-0.3, -0.25) is 4.79 Å². The second-order valence-electron chi connectivity index (χ2n) is 1.78. The van der Waals surface area contributed by atoms with Crippen LogP contribution in [0.3, 0.4) is 0 Å². The number of rotatable bonds is 1. The van der Waals surface area contributed by atoms with Crippen molar-refractivity contribution >= 4 is 12.0 Å². The van der Waals surface area contributed by atoms with Crippen LogP contribution in [-0.4, -0.2) is 22.1 Å². The first kappa shape index (κ1) is 7.33. The standard InChI is InChI=1S/C6H5N2O3/c9-5(8-6(10)11)4-2-1-3-7-4/h1-3,7H,(H,10,11). The third kappa shape index (κ3) is 1.82. The van der Waals surface area contributed by atoms with Gasteiger partial charge in [0.15, 0.2) is 0 Å². The van der Waals surface area contributed by atoms with Gasteiger partial charge in [-0.2, -0.15) is 0 Å². The molecule has 2 N–H and O–H groups in total. The minimum Gasteiger partial charge on any atom is -0.463 e. The van der Waals surface area contributed by atoms with Gasteiger partial charge in [-0.15, -0.1) is 5.32 Å². The quantitative estimate of drug-likeness (QED) is 0.613. The normalized spacial score (nSPS) is 9.09. The molecule has 0 bridgehead atoms. The lowest BCUT2D eigenvalue weighted by Crippen LogP contribution is -2.21. The van der Waals surface area contributed by atoms with E-state index in [9.17, 15) is 9.59 Å². The van der Waals surface area contributed by atoms with Gasteiger partial charge in [0, 0.05) is 6.20 Å². The van der Waals surface area contributed by atoms with Crippen molar-refractivity contribution in [2.75, 3.05) is 0 Å². The van der Waals surface area contributed by atoms with Crippen LogP contribution >= 0.6 is 0 Å². The van der Waals surface area contributed by atoms with Crippen molar-refractivity contribution in [3.8, 4) is 0 Å². The van der Waals surface area contributed by atoms with Gasteiger partial charge in [-0.1, -0.05) is 0 Å². The zero-order valence-electron chi connectivity index (χ0n) is 5.44. The maximum atomic E-state index is 10.7. The summed E-state index contributed by atoms with van der Waals surface area (Å²) in [6.45, 7) is 0. The molecule has 0 aliphatic carbocycles. The molecule has 1 rings (SSSR count). The molecule has 0 atom stereocenters. The summed E-state index contributed by atoms with van der Waals surface area (Å²) in [4.78, 5) is 23.2. The summed E-state index contributed by atoms with van der Waals surface area (Å²) >= 11 is 0. The molecule has 1 aromatic heterocycles. The molecule has 1 radical (unpaired) electrons. The van der Waals surface area contributed by atoms with Crippen LogP contribution < -0.4 is 5.32 Å². The van der Waals surface area contributed by atoms with E-state index in [4.69, 9.17) is 5.11 Å². The van der Waals surface area contributed by atoms with E-state index < -0.39 is 12.0 Å². The number of nitrogens with zero attached hydrogens (tertiary/aromatic N) is 1. The van der Waals surface area contributed by atoms with Crippen molar-refractivity contribution in [2.45, 2.75) is 0 Å². The van der Waals surface area contributed by atoms with Gasteiger partial charge >= 0.3 is 6.09 Å². The molecule has 0 aromatic carbocycles. The van der Waals surface area contributed by atoms with Crippen LogP contribution in [0.1, 0.15) is 10.5 Å². The Morgan fingerprint density at radius 1 is 1.55 bits per heavy atom. The number of aromatic amines is 1. The van der Waals surface area contributed by atoms with Gasteiger partial charge in [0.2, 0.25) is 0 Å². The molecule has 0 saturated carbocycles. The Hall–Kier alpha value is -1.78. The summed E-state index contributed by atoms with van der Waals surface area (Å²) < 4.78 is 0. The van der Waals surface area contributed by atoms with Crippen molar-refractivity contribution < 1.29 is 14.7 Å². The largest absolute Gasteiger partial charge is 0.463 e. The molecule has 1 heterocycles. The highest BCUT2D eigenvalue weighted by molar-refractivity contribution is 6.00. The molecule has 0 saturated heterocycles. The lowest BCUT2D eigenvalue weighted by Gasteiger charge is -1.90. The molecule has 0 fully saturated rings. The summed E-state index contributed by atoms with van der Waals surface area (Å²) in [5.41, 5.74) is 0.174. The van der Waals surface area contributed by atoms with Gasteiger partial charge in [0.25, 0.3) is 5.91 Å². The maximum Gasteiger partial charge on any atom is 0.434 e. The Balaban J connectivity index is 2.64. The highest BCUT2D eigenvalue weighted by atomic mass is 16.4. The van der Waals surface area contributed by atoms with Crippen molar-refractivity contribution in [3.63, 3.8) is 0 Å². The summed E-state index contributed by atoms with van der Waals surface area (Å²) in [6, 6.07) is 3.04. The van der Waals surface area contributed by atoms with Gasteiger partial charge in [0.1, 0.15) is 5.69 Å². The van der Waals surface area contributed by atoms with E-state index in [1.807, 2.05) is 0 Å². The minimum absolute atomic E-state index is 0.174. The molecule has 5 nitrogen and oxygen atoms in total. The summed E-state index contributed by atoms with van der Waals surface area (Å²) in [5.74, 6) is -0.775. The lowest BCUT2D eigenvalue weighted by molar-refractivity contribution is 0.0939. The van der Waals surface area contributed by atoms with Crippen molar-refractivity contribution in [3.05, 3.63) is 24.0 Å². The fourth-order valence-electron chi connectivity index (χ4n) is 0.610. The molecule has 0 spiro atoms. The predicted octanol–water partition coefficient (Wildman–Crippen LogP) is 0.437. The SMILES string of the molecule is O=C(O)[N]C(=O)c1ccc[nH]1. The number of carbonyl (C=O) groups excluding carboxylic acids is 1. The first-order chi connectivity index (χ1) is 5.20. The zero-order chi connectivity index (χ0) is 8.27. The average molecular weight is 153 g/mol. The van der Waals surface area contributed by atoms with E-state index in [1.165, 1.54) is 12.3 Å². The van der Waals surface area contributed by atoms with Crippen LogP contribution in [0.2, 0.25) is 0 Å². The third-order valence-electron chi connectivity index (χ3n) is 1.03. The van der Waals surface area contributed by atoms with Crippen LogP contribution in [0.25, 0.3) is 0 Å². The first-order valence-electron chi connectivity index (χ1n) is 2.82. The lowest BCUT2D eigenvalue weighted by atomic mass is 10.4. The summed E-state index contributed by atoms with van der Waals surface area (Å²) in [7, 11) is 0. The molecular weight excluding hydrogens is 148 g/mol. The molecule has 2 amide bonds. The van der Waals surface area contributed by atoms with Crippen molar-refractivity contribution in [1.82, 2.24) is 10.3 Å². The van der Waals surface area contributed by atoms with E-state index in [0.29, 0.717) is 0 Å². The number of imide groups is 1. The number of nitrogens with one attached hydrogen (secondary N) is 1. The van der Waals surface area contributed by atoms with Gasteiger partial charge < -0.3 is 10.1 Å². The number of amides is 2. The number of aromatic nitrogens is 1. The summed E-state index contributed by atoms with van der Waals surface area (Å²) in [5, 5.41) is 10.8. The van der Waals surface area contributed by atoms with Crippen LogP contribution in [0.15, 0.2) is 18.3 Å². The van der Waals surface area contributed by atoms with Crippen LogP contribution in [0.4, 0.5) is 4.79 Å². The molecule has 0 aliphatic heterocycles. The first-order valence-corrected chi connectivity index (χ1v) is 2.82. The Bertz CT molecular complexity index is 265. The van der Waals surface area contributed by atoms with Crippen molar-refractivity contribution in [1.29, 1.82) is 0 Å². The highest BCUT2D eigenvalue weighted by Gasteiger charge is 2.10. The number of hydrogen-bond acceptors (Lipinski definition) is 2. The third-order valence-corrected chi connectivity index (χ3v) is 1.03. The van der Waals surface area contributed by atoms with E-state index in [-0.39, 0.29) is 5.69 Å². The zero-order valence-corrected chi connectivity index (χ0v) is 5.44. The van der Waals surface area contributed by atoms with Crippen molar-refractivity contribution in [2.24, 2.45) is 0 Å². The monoisotopic (exact) mass is 153 g/mol. The Kier molecular flexibility index (Phi) is 1.91. The molecule has 1 aromatic rings. The smallest absolute Gasteiger partial charge is 0.434 e. The second kappa shape index (κ2) is 2.87. The molecule has 0 unspecified atom stereocenters. The number of carboxylic acid groups (broad SMARTS) is 1. The van der Waals surface area contributed by atoms with Gasteiger partial charge in [-0.05, 0) is 12.1 Å². The topological polar surface area (TPSA) is 84.3 Å². The van der Waals surface area contributed by atoms with E-state index >= 15 is 0 Å². The van der Waals surface area contributed by atoms with Crippen LogP contribution in [0, 0.1) is 0 Å².